The zero-order chi connectivity index (χ0) is 11.5. The lowest BCUT2D eigenvalue weighted by Crippen LogP contribution is -2.21. The smallest absolute Gasteiger partial charge is 0.303 e. The van der Waals surface area contributed by atoms with Crippen molar-refractivity contribution in [1.82, 2.24) is 0 Å². The van der Waals surface area contributed by atoms with Gasteiger partial charge in [-0.05, 0) is 17.7 Å². The fourth-order valence-corrected chi connectivity index (χ4v) is 1.28. The Labute approximate surface area is 83.7 Å². The monoisotopic (exact) mass is 220 g/mol. The summed E-state index contributed by atoms with van der Waals surface area (Å²) in [5.74, 6) is -2.67. The van der Waals surface area contributed by atoms with Crippen LogP contribution in [0.3, 0.4) is 0 Å². The minimum atomic E-state index is -4.53. The molecule has 0 aliphatic rings. The first-order valence-electron chi connectivity index (χ1n) is 4.21. The topological polar surface area (TPSA) is 17.1 Å². The van der Waals surface area contributed by atoms with Crippen molar-refractivity contribution in [3.63, 3.8) is 0 Å². The maximum atomic E-state index is 12.7. The number of aldehydes is 1. The fourth-order valence-electron chi connectivity index (χ4n) is 1.28. The fraction of sp³-hybridized carbons (Fsp3) is 0.300. The highest BCUT2D eigenvalue weighted by Crippen LogP contribution is 2.36. The summed E-state index contributed by atoms with van der Waals surface area (Å²) in [5.41, 5.74) is -0.227. The summed E-state index contributed by atoms with van der Waals surface area (Å²) in [7, 11) is 0. The van der Waals surface area contributed by atoms with E-state index >= 15 is 0 Å². The van der Waals surface area contributed by atoms with Gasteiger partial charge in [-0.3, -0.25) is 0 Å². The molecule has 1 aromatic carbocycles. The molecule has 1 aromatic rings. The van der Waals surface area contributed by atoms with Crippen LogP contribution in [0.5, 0.6) is 0 Å². The highest BCUT2D eigenvalue weighted by Gasteiger charge is 2.40. The Bertz CT molecular complexity index is 346. The number of alkyl halides is 3. The Hall–Kier alpha value is -1.39. The minimum absolute atomic E-state index is 0.184. The van der Waals surface area contributed by atoms with E-state index in [2.05, 4.69) is 0 Å². The van der Waals surface area contributed by atoms with Crippen LogP contribution in [0.15, 0.2) is 24.3 Å². The minimum Gasteiger partial charge on any atom is -0.303 e. The van der Waals surface area contributed by atoms with Crippen LogP contribution in [0.1, 0.15) is 17.9 Å². The molecule has 82 valence electrons. The molecule has 0 radical (unpaired) electrons. The average Bonchev–Trinajstić information content (AvgIpc) is 2.12. The number of carbonyl (C=O) groups is 1. The molecule has 0 heterocycles. The highest BCUT2D eigenvalue weighted by molar-refractivity contribution is 5.52. The number of benzene rings is 1. The lowest BCUT2D eigenvalue weighted by atomic mass is 9.96. The summed E-state index contributed by atoms with van der Waals surface area (Å²) in [6.07, 6.45) is -5.04. The molecule has 1 nitrogen and oxygen atoms in total. The summed E-state index contributed by atoms with van der Waals surface area (Å²) in [4.78, 5) is 10.1. The molecule has 0 aromatic heterocycles. The van der Waals surface area contributed by atoms with E-state index in [9.17, 15) is 22.4 Å². The van der Waals surface area contributed by atoms with Crippen LogP contribution < -0.4 is 0 Å². The van der Waals surface area contributed by atoms with Crippen molar-refractivity contribution < 1.29 is 22.4 Å². The van der Waals surface area contributed by atoms with Gasteiger partial charge in [-0.15, -0.1) is 0 Å². The third kappa shape index (κ3) is 3.04. The van der Waals surface area contributed by atoms with E-state index in [1.165, 1.54) is 6.07 Å². The van der Waals surface area contributed by atoms with Crippen LogP contribution in [0.25, 0.3) is 0 Å². The van der Waals surface area contributed by atoms with E-state index in [-0.39, 0.29) is 11.8 Å². The zero-order valence-corrected chi connectivity index (χ0v) is 7.59. The summed E-state index contributed by atoms with van der Waals surface area (Å²) < 4.78 is 50.0. The van der Waals surface area contributed by atoms with E-state index in [1.54, 1.807) is 0 Å². The number of carbonyl (C=O) groups excluding carboxylic acids is 1. The SMILES string of the molecule is O=CCC(c1cccc(F)c1)C(F)(F)F. The zero-order valence-electron chi connectivity index (χ0n) is 7.59. The summed E-state index contributed by atoms with van der Waals surface area (Å²) in [6, 6.07) is 4.19. The third-order valence-corrected chi connectivity index (χ3v) is 1.98. The predicted octanol–water partition coefficient (Wildman–Crippen LogP) is 3.06. The van der Waals surface area contributed by atoms with Gasteiger partial charge < -0.3 is 4.79 Å². The van der Waals surface area contributed by atoms with E-state index in [0.29, 0.717) is 0 Å². The highest BCUT2D eigenvalue weighted by atomic mass is 19.4. The van der Waals surface area contributed by atoms with E-state index in [1.807, 2.05) is 0 Å². The molecule has 0 saturated carbocycles. The molecule has 0 bridgehead atoms. The molecule has 0 amide bonds. The van der Waals surface area contributed by atoms with Crippen LogP contribution in [0, 0.1) is 5.82 Å². The van der Waals surface area contributed by atoms with E-state index < -0.39 is 24.3 Å². The molecule has 0 aliphatic heterocycles. The van der Waals surface area contributed by atoms with Gasteiger partial charge in [0.15, 0.2) is 0 Å². The third-order valence-electron chi connectivity index (χ3n) is 1.98. The first kappa shape index (κ1) is 11.7. The van der Waals surface area contributed by atoms with Crippen LogP contribution >= 0.6 is 0 Å². The van der Waals surface area contributed by atoms with Crippen molar-refractivity contribution in [3.8, 4) is 0 Å². The molecular formula is C10H8F4O. The van der Waals surface area contributed by atoms with Gasteiger partial charge in [-0.1, -0.05) is 12.1 Å². The maximum absolute atomic E-state index is 12.7. The van der Waals surface area contributed by atoms with Crippen LogP contribution in [0.2, 0.25) is 0 Å². The Morgan fingerprint density at radius 2 is 2.00 bits per heavy atom. The van der Waals surface area contributed by atoms with Gasteiger partial charge in [0.2, 0.25) is 0 Å². The van der Waals surface area contributed by atoms with Crippen molar-refractivity contribution in [2.45, 2.75) is 18.5 Å². The van der Waals surface area contributed by atoms with Gasteiger partial charge >= 0.3 is 6.18 Å². The number of hydrogen-bond acceptors (Lipinski definition) is 1. The second kappa shape index (κ2) is 4.42. The van der Waals surface area contributed by atoms with Gasteiger partial charge in [0.05, 0.1) is 5.92 Å². The van der Waals surface area contributed by atoms with Gasteiger partial charge in [-0.2, -0.15) is 13.2 Å². The van der Waals surface area contributed by atoms with Crippen molar-refractivity contribution >= 4 is 6.29 Å². The van der Waals surface area contributed by atoms with Crippen LogP contribution in [0.4, 0.5) is 17.6 Å². The molecule has 1 atom stereocenters. The van der Waals surface area contributed by atoms with Crippen molar-refractivity contribution in [2.75, 3.05) is 0 Å². The quantitative estimate of drug-likeness (QED) is 0.565. The lowest BCUT2D eigenvalue weighted by Gasteiger charge is -2.18. The van der Waals surface area contributed by atoms with Gasteiger partial charge in [0, 0.05) is 6.42 Å². The standard InChI is InChI=1S/C10H8F4O/c11-8-3-1-2-7(6-8)9(4-5-15)10(12,13)14/h1-3,5-6,9H,4H2. The number of rotatable bonds is 3. The van der Waals surface area contributed by atoms with Gasteiger partial charge in [0.1, 0.15) is 12.1 Å². The second-order valence-electron chi connectivity index (χ2n) is 3.05. The largest absolute Gasteiger partial charge is 0.396 e. The van der Waals surface area contributed by atoms with E-state index in [4.69, 9.17) is 0 Å². The molecule has 0 aliphatic carbocycles. The second-order valence-corrected chi connectivity index (χ2v) is 3.05. The van der Waals surface area contributed by atoms with Crippen LogP contribution in [-0.4, -0.2) is 12.5 Å². The molecule has 0 spiro atoms. The first-order valence-corrected chi connectivity index (χ1v) is 4.21. The van der Waals surface area contributed by atoms with Crippen LogP contribution in [-0.2, 0) is 4.79 Å². The van der Waals surface area contributed by atoms with Crippen molar-refractivity contribution in [1.29, 1.82) is 0 Å². The number of hydrogen-bond donors (Lipinski definition) is 0. The molecule has 0 fully saturated rings. The average molecular weight is 220 g/mol. The molecule has 15 heavy (non-hydrogen) atoms. The predicted molar refractivity (Wildman–Crippen MR) is 45.9 cm³/mol. The van der Waals surface area contributed by atoms with Crippen molar-refractivity contribution in [3.05, 3.63) is 35.6 Å². The lowest BCUT2D eigenvalue weighted by molar-refractivity contribution is -0.154. The Kier molecular flexibility index (Phi) is 3.44. The molecule has 5 heteroatoms. The van der Waals surface area contributed by atoms with E-state index in [0.717, 1.165) is 18.2 Å². The van der Waals surface area contributed by atoms with Gasteiger partial charge in [0.25, 0.3) is 0 Å². The van der Waals surface area contributed by atoms with Crippen molar-refractivity contribution in [2.24, 2.45) is 0 Å². The summed E-state index contributed by atoms with van der Waals surface area (Å²) >= 11 is 0. The molecular weight excluding hydrogens is 212 g/mol. The normalized spacial score (nSPS) is 13.6. The summed E-state index contributed by atoms with van der Waals surface area (Å²) in [5, 5.41) is 0. The Morgan fingerprint density at radius 1 is 1.33 bits per heavy atom. The molecule has 0 saturated heterocycles. The number of halogens is 4. The Balaban J connectivity index is 3.04. The molecule has 1 rings (SSSR count). The maximum Gasteiger partial charge on any atom is 0.396 e. The van der Waals surface area contributed by atoms with Gasteiger partial charge in [-0.25, -0.2) is 4.39 Å². The summed E-state index contributed by atoms with van der Waals surface area (Å²) in [6.45, 7) is 0. The first-order chi connectivity index (χ1) is 6.95. The molecule has 1 unspecified atom stereocenters. The Morgan fingerprint density at radius 3 is 2.47 bits per heavy atom. The molecule has 0 N–H and O–H groups in total.